The van der Waals surface area contributed by atoms with Crippen molar-refractivity contribution in [2.24, 2.45) is 11.7 Å². The van der Waals surface area contributed by atoms with E-state index in [1.165, 1.54) is 18.5 Å². The van der Waals surface area contributed by atoms with Crippen LogP contribution in [0.4, 0.5) is 5.69 Å². The van der Waals surface area contributed by atoms with E-state index in [1.54, 1.807) is 7.11 Å². The number of rotatable bonds is 4. The van der Waals surface area contributed by atoms with Gasteiger partial charge in [0.25, 0.3) is 0 Å². The molecule has 19 heavy (non-hydrogen) atoms. The first-order valence-corrected chi connectivity index (χ1v) is 7.21. The molecular formula is C16H26N2O. The van der Waals surface area contributed by atoms with Crippen LogP contribution in [-0.2, 0) is 0 Å². The van der Waals surface area contributed by atoms with Gasteiger partial charge in [-0.3, -0.25) is 0 Å². The largest absolute Gasteiger partial charge is 0.497 e. The lowest BCUT2D eigenvalue weighted by molar-refractivity contribution is 0.227. The van der Waals surface area contributed by atoms with Gasteiger partial charge in [0.2, 0.25) is 0 Å². The highest BCUT2D eigenvalue weighted by atomic mass is 16.5. The third-order valence-corrected chi connectivity index (χ3v) is 4.51. The Kier molecular flexibility index (Phi) is 4.35. The van der Waals surface area contributed by atoms with Crippen LogP contribution in [0.3, 0.4) is 0 Å². The van der Waals surface area contributed by atoms with E-state index in [1.807, 2.05) is 6.07 Å². The van der Waals surface area contributed by atoms with Gasteiger partial charge in [0.1, 0.15) is 5.75 Å². The fourth-order valence-corrected chi connectivity index (χ4v) is 3.30. The van der Waals surface area contributed by atoms with Crippen LogP contribution < -0.4 is 15.4 Å². The molecule has 0 radical (unpaired) electrons. The second-order valence-electron chi connectivity index (χ2n) is 5.92. The molecule has 1 aromatic rings. The lowest BCUT2D eigenvalue weighted by Crippen LogP contribution is -2.54. The Morgan fingerprint density at radius 1 is 1.42 bits per heavy atom. The summed E-state index contributed by atoms with van der Waals surface area (Å²) in [6.45, 7) is 6.57. The smallest absolute Gasteiger partial charge is 0.120 e. The zero-order valence-electron chi connectivity index (χ0n) is 12.4. The molecule has 0 aliphatic carbocycles. The average Bonchev–Trinajstić information content (AvgIpc) is 2.41. The van der Waals surface area contributed by atoms with Gasteiger partial charge in [-0.2, -0.15) is 0 Å². The van der Waals surface area contributed by atoms with Crippen molar-refractivity contribution in [2.45, 2.75) is 38.6 Å². The van der Waals surface area contributed by atoms with Crippen molar-refractivity contribution >= 4 is 5.69 Å². The number of piperidine rings is 1. The van der Waals surface area contributed by atoms with E-state index >= 15 is 0 Å². The van der Waals surface area contributed by atoms with Gasteiger partial charge in [0.05, 0.1) is 7.11 Å². The van der Waals surface area contributed by atoms with Crippen molar-refractivity contribution < 1.29 is 4.74 Å². The van der Waals surface area contributed by atoms with Gasteiger partial charge in [-0.25, -0.2) is 0 Å². The van der Waals surface area contributed by atoms with Crippen LogP contribution in [0, 0.1) is 5.92 Å². The molecule has 1 heterocycles. The monoisotopic (exact) mass is 262 g/mol. The Morgan fingerprint density at radius 3 is 2.89 bits per heavy atom. The Labute approximate surface area is 116 Å². The molecule has 1 atom stereocenters. The first-order valence-electron chi connectivity index (χ1n) is 7.21. The van der Waals surface area contributed by atoms with Crippen LogP contribution in [0.2, 0.25) is 0 Å². The second-order valence-corrected chi connectivity index (χ2v) is 5.92. The third-order valence-electron chi connectivity index (χ3n) is 4.51. The number of benzene rings is 1. The molecule has 3 heteroatoms. The SMILES string of the molecule is COc1cccc(N2CCCC(CCN)C2(C)C)c1. The summed E-state index contributed by atoms with van der Waals surface area (Å²) in [6, 6.07) is 8.37. The summed E-state index contributed by atoms with van der Waals surface area (Å²) in [5.74, 6) is 1.59. The minimum absolute atomic E-state index is 0.157. The average molecular weight is 262 g/mol. The first kappa shape index (κ1) is 14.2. The van der Waals surface area contributed by atoms with Gasteiger partial charge in [-0.05, 0) is 57.7 Å². The maximum atomic E-state index is 5.77. The lowest BCUT2D eigenvalue weighted by Gasteiger charge is -2.49. The van der Waals surface area contributed by atoms with Gasteiger partial charge < -0.3 is 15.4 Å². The molecule has 1 aliphatic rings. The Balaban J connectivity index is 2.26. The first-order chi connectivity index (χ1) is 9.09. The fourth-order valence-electron chi connectivity index (χ4n) is 3.30. The molecule has 2 N–H and O–H groups in total. The van der Waals surface area contributed by atoms with E-state index in [2.05, 4.69) is 36.9 Å². The van der Waals surface area contributed by atoms with E-state index in [0.29, 0.717) is 5.92 Å². The minimum Gasteiger partial charge on any atom is -0.497 e. The van der Waals surface area contributed by atoms with Crippen molar-refractivity contribution in [3.05, 3.63) is 24.3 Å². The molecule has 1 aromatic carbocycles. The Hall–Kier alpha value is -1.22. The molecular weight excluding hydrogens is 236 g/mol. The highest BCUT2D eigenvalue weighted by Crippen LogP contribution is 2.39. The quantitative estimate of drug-likeness (QED) is 0.906. The Bertz CT molecular complexity index is 415. The van der Waals surface area contributed by atoms with Crippen LogP contribution in [0.15, 0.2) is 24.3 Å². The van der Waals surface area contributed by atoms with Gasteiger partial charge in [-0.15, -0.1) is 0 Å². The van der Waals surface area contributed by atoms with Crippen molar-refractivity contribution in [1.29, 1.82) is 0 Å². The molecule has 1 aliphatic heterocycles. The number of anilines is 1. The van der Waals surface area contributed by atoms with Crippen molar-refractivity contribution in [3.63, 3.8) is 0 Å². The van der Waals surface area contributed by atoms with Crippen LogP contribution in [-0.4, -0.2) is 25.7 Å². The maximum absolute atomic E-state index is 5.77. The van der Waals surface area contributed by atoms with Gasteiger partial charge in [0.15, 0.2) is 0 Å². The summed E-state index contributed by atoms with van der Waals surface area (Å²) >= 11 is 0. The number of hydrogen-bond acceptors (Lipinski definition) is 3. The van der Waals surface area contributed by atoms with Gasteiger partial charge >= 0.3 is 0 Å². The molecule has 3 nitrogen and oxygen atoms in total. The highest BCUT2D eigenvalue weighted by molar-refractivity contribution is 5.53. The molecule has 1 unspecified atom stereocenters. The third kappa shape index (κ3) is 2.86. The van der Waals surface area contributed by atoms with Crippen LogP contribution >= 0.6 is 0 Å². The van der Waals surface area contributed by atoms with Crippen LogP contribution in [0.5, 0.6) is 5.75 Å². The van der Waals surface area contributed by atoms with Crippen molar-refractivity contribution in [3.8, 4) is 5.75 Å². The van der Waals surface area contributed by atoms with Crippen LogP contribution in [0.1, 0.15) is 33.1 Å². The standard InChI is InChI=1S/C16H26N2O/c1-16(2)13(9-10-17)6-5-11-18(16)14-7-4-8-15(12-14)19-3/h4,7-8,12-13H,5-6,9-11,17H2,1-3H3. The summed E-state index contributed by atoms with van der Waals surface area (Å²) < 4.78 is 5.34. The van der Waals surface area contributed by atoms with E-state index < -0.39 is 0 Å². The molecule has 106 valence electrons. The molecule has 0 saturated carbocycles. The molecule has 2 rings (SSSR count). The molecule has 1 fully saturated rings. The number of ether oxygens (including phenoxy) is 1. The number of hydrogen-bond donors (Lipinski definition) is 1. The molecule has 1 saturated heterocycles. The predicted octanol–water partition coefficient (Wildman–Crippen LogP) is 3.04. The van der Waals surface area contributed by atoms with Gasteiger partial charge in [-0.1, -0.05) is 6.07 Å². The van der Waals surface area contributed by atoms with Crippen molar-refractivity contribution in [1.82, 2.24) is 0 Å². The molecule has 0 aromatic heterocycles. The van der Waals surface area contributed by atoms with Gasteiger partial charge in [0, 0.05) is 23.8 Å². The molecule has 0 spiro atoms. The maximum Gasteiger partial charge on any atom is 0.120 e. The number of methoxy groups -OCH3 is 1. The molecule has 0 amide bonds. The summed E-state index contributed by atoms with van der Waals surface area (Å²) in [6.07, 6.45) is 3.63. The number of nitrogens with zero attached hydrogens (tertiary/aromatic N) is 1. The van der Waals surface area contributed by atoms with Crippen LogP contribution in [0.25, 0.3) is 0 Å². The summed E-state index contributed by atoms with van der Waals surface area (Å²) in [4.78, 5) is 2.51. The van der Waals surface area contributed by atoms with E-state index in [4.69, 9.17) is 10.5 Å². The zero-order valence-corrected chi connectivity index (χ0v) is 12.4. The second kappa shape index (κ2) is 5.83. The summed E-state index contributed by atoms with van der Waals surface area (Å²) in [5, 5.41) is 0. The summed E-state index contributed by atoms with van der Waals surface area (Å²) in [7, 11) is 1.72. The van der Waals surface area contributed by atoms with E-state index in [9.17, 15) is 0 Å². The number of nitrogens with two attached hydrogens (primary N) is 1. The van der Waals surface area contributed by atoms with E-state index in [0.717, 1.165) is 25.3 Å². The summed E-state index contributed by atoms with van der Waals surface area (Å²) in [5.41, 5.74) is 7.18. The van der Waals surface area contributed by atoms with E-state index in [-0.39, 0.29) is 5.54 Å². The Morgan fingerprint density at radius 2 is 2.21 bits per heavy atom. The predicted molar refractivity (Wildman–Crippen MR) is 80.8 cm³/mol. The molecule has 0 bridgehead atoms. The highest BCUT2D eigenvalue weighted by Gasteiger charge is 2.37. The topological polar surface area (TPSA) is 38.5 Å². The van der Waals surface area contributed by atoms with Crippen molar-refractivity contribution in [2.75, 3.05) is 25.1 Å². The normalized spacial score (nSPS) is 22.3. The minimum atomic E-state index is 0.157. The lowest BCUT2D eigenvalue weighted by atomic mass is 9.77. The fraction of sp³-hybridized carbons (Fsp3) is 0.625. The zero-order chi connectivity index (χ0) is 13.9.